The van der Waals surface area contributed by atoms with E-state index < -0.39 is 5.97 Å². The molecule has 0 fully saturated rings. The van der Waals surface area contributed by atoms with Crippen LogP contribution < -0.4 is 9.64 Å². The van der Waals surface area contributed by atoms with Gasteiger partial charge >= 0.3 is 5.97 Å². The summed E-state index contributed by atoms with van der Waals surface area (Å²) in [5, 5.41) is 3.88. The van der Waals surface area contributed by atoms with Crippen LogP contribution in [0.1, 0.15) is 15.9 Å². The Morgan fingerprint density at radius 1 is 0.893 bits per heavy atom. The lowest BCUT2D eigenvalue weighted by Gasteiger charge is -2.16. The van der Waals surface area contributed by atoms with Gasteiger partial charge in [0.1, 0.15) is 5.75 Å². The van der Waals surface area contributed by atoms with Crippen molar-refractivity contribution in [2.24, 2.45) is 5.16 Å². The lowest BCUT2D eigenvalue weighted by molar-refractivity contribution is -0.111. The maximum absolute atomic E-state index is 13.0. The highest BCUT2D eigenvalue weighted by molar-refractivity contribution is 6.55. The van der Waals surface area contributed by atoms with Crippen LogP contribution in [0.15, 0.2) is 84.0 Å². The van der Waals surface area contributed by atoms with Crippen LogP contribution in [0.25, 0.3) is 0 Å². The number of para-hydroxylation sites is 2. The van der Waals surface area contributed by atoms with Crippen LogP contribution >= 0.6 is 0 Å². The lowest BCUT2D eigenvalue weighted by Crippen LogP contribution is -2.25. The number of hydrogen-bond donors (Lipinski definition) is 0. The van der Waals surface area contributed by atoms with Crippen LogP contribution in [0.5, 0.6) is 5.75 Å². The molecule has 6 nitrogen and oxygen atoms in total. The van der Waals surface area contributed by atoms with Gasteiger partial charge in [-0.1, -0.05) is 41.6 Å². The van der Waals surface area contributed by atoms with E-state index in [0.717, 1.165) is 0 Å². The van der Waals surface area contributed by atoms with Crippen molar-refractivity contribution in [2.75, 3.05) is 12.0 Å². The van der Waals surface area contributed by atoms with Crippen molar-refractivity contribution in [1.82, 2.24) is 0 Å². The van der Waals surface area contributed by atoms with Crippen molar-refractivity contribution in [2.45, 2.75) is 0 Å². The third-order valence-electron chi connectivity index (χ3n) is 4.37. The summed E-state index contributed by atoms with van der Waals surface area (Å²) in [4.78, 5) is 31.9. The average molecular weight is 372 g/mol. The predicted molar refractivity (Wildman–Crippen MR) is 105 cm³/mol. The van der Waals surface area contributed by atoms with Crippen LogP contribution in [-0.4, -0.2) is 24.7 Å². The van der Waals surface area contributed by atoms with E-state index in [1.807, 2.05) is 42.5 Å². The molecule has 28 heavy (non-hydrogen) atoms. The van der Waals surface area contributed by atoms with Crippen molar-refractivity contribution >= 4 is 29.0 Å². The number of anilines is 2. The van der Waals surface area contributed by atoms with Gasteiger partial charge in [0.2, 0.25) is 0 Å². The summed E-state index contributed by atoms with van der Waals surface area (Å²) in [6, 6.07) is 22.9. The van der Waals surface area contributed by atoms with E-state index in [0.29, 0.717) is 28.3 Å². The van der Waals surface area contributed by atoms with Gasteiger partial charge in [-0.25, -0.2) is 4.79 Å². The molecular weight excluding hydrogens is 356 g/mol. The van der Waals surface area contributed by atoms with E-state index in [-0.39, 0.29) is 11.6 Å². The van der Waals surface area contributed by atoms with Crippen LogP contribution in [0.3, 0.4) is 0 Å². The van der Waals surface area contributed by atoms with Gasteiger partial charge in [-0.05, 0) is 42.5 Å². The number of benzene rings is 3. The molecule has 3 aromatic rings. The van der Waals surface area contributed by atoms with Crippen LogP contribution in [0, 0.1) is 0 Å². The summed E-state index contributed by atoms with van der Waals surface area (Å²) in [6.45, 7) is 0. The van der Waals surface area contributed by atoms with Gasteiger partial charge in [-0.2, -0.15) is 0 Å². The molecule has 0 saturated heterocycles. The van der Waals surface area contributed by atoms with E-state index in [4.69, 9.17) is 9.57 Å². The largest absolute Gasteiger partial charge is 0.497 e. The molecule has 1 heterocycles. The summed E-state index contributed by atoms with van der Waals surface area (Å²) < 4.78 is 5.07. The van der Waals surface area contributed by atoms with E-state index in [2.05, 4.69) is 5.16 Å². The number of methoxy groups -OCH3 is 1. The normalized spacial score (nSPS) is 14.1. The Morgan fingerprint density at radius 2 is 1.57 bits per heavy atom. The minimum absolute atomic E-state index is 0.0846. The number of hydrogen-bond acceptors (Lipinski definition) is 5. The van der Waals surface area contributed by atoms with Crippen LogP contribution in [-0.2, 0) is 9.63 Å². The number of rotatable bonds is 4. The highest BCUT2D eigenvalue weighted by Crippen LogP contribution is 2.35. The van der Waals surface area contributed by atoms with E-state index in [1.165, 1.54) is 0 Å². The zero-order chi connectivity index (χ0) is 19.5. The van der Waals surface area contributed by atoms with Gasteiger partial charge in [0.15, 0.2) is 5.71 Å². The van der Waals surface area contributed by atoms with Crippen molar-refractivity contribution in [3.8, 4) is 5.75 Å². The molecule has 0 atom stereocenters. The third kappa shape index (κ3) is 3.12. The standard InChI is InChI=1S/C22H16N2O4/c1-27-17-13-11-15(12-14-17)22(26)28-23-20-18-9-5-6-10-19(18)24(21(20)25)16-7-3-2-4-8-16/h2-14H,1H3/b23-20-. The van der Waals surface area contributed by atoms with Gasteiger partial charge in [0, 0.05) is 11.3 Å². The summed E-state index contributed by atoms with van der Waals surface area (Å²) >= 11 is 0. The summed E-state index contributed by atoms with van der Waals surface area (Å²) in [5.41, 5.74) is 2.41. The van der Waals surface area contributed by atoms with Crippen LogP contribution in [0.4, 0.5) is 11.4 Å². The number of carbonyl (C=O) groups excluding carboxylic acids is 2. The fourth-order valence-electron chi connectivity index (χ4n) is 2.99. The highest BCUT2D eigenvalue weighted by Gasteiger charge is 2.35. The fourth-order valence-corrected chi connectivity index (χ4v) is 2.99. The fraction of sp³-hybridized carbons (Fsp3) is 0.0455. The third-order valence-corrected chi connectivity index (χ3v) is 4.37. The first kappa shape index (κ1) is 17.5. The van der Waals surface area contributed by atoms with Crippen molar-refractivity contribution in [3.05, 3.63) is 90.0 Å². The molecule has 6 heteroatoms. The monoisotopic (exact) mass is 372 g/mol. The second-order valence-electron chi connectivity index (χ2n) is 6.04. The average Bonchev–Trinajstić information content (AvgIpc) is 3.04. The van der Waals surface area contributed by atoms with E-state index in [1.54, 1.807) is 48.4 Å². The molecule has 4 rings (SSSR count). The maximum atomic E-state index is 13.0. The number of oxime groups is 1. The molecule has 3 aromatic carbocycles. The lowest BCUT2D eigenvalue weighted by atomic mass is 10.1. The first-order chi connectivity index (χ1) is 13.7. The smallest absolute Gasteiger partial charge is 0.365 e. The zero-order valence-corrected chi connectivity index (χ0v) is 15.0. The molecule has 1 aliphatic rings. The van der Waals surface area contributed by atoms with Gasteiger partial charge < -0.3 is 9.57 Å². The van der Waals surface area contributed by atoms with Crippen LogP contribution in [0.2, 0.25) is 0 Å². The summed E-state index contributed by atoms with van der Waals surface area (Å²) in [7, 11) is 1.54. The summed E-state index contributed by atoms with van der Waals surface area (Å²) in [5.74, 6) is -0.380. The number of nitrogens with zero attached hydrogens (tertiary/aromatic N) is 2. The molecule has 0 saturated carbocycles. The first-order valence-corrected chi connectivity index (χ1v) is 8.61. The molecular formula is C22H16N2O4. The molecule has 0 aliphatic carbocycles. The predicted octanol–water partition coefficient (Wildman–Crippen LogP) is 3.93. The Bertz CT molecular complexity index is 1060. The molecule has 0 unspecified atom stereocenters. The topological polar surface area (TPSA) is 68.2 Å². The maximum Gasteiger partial charge on any atom is 0.365 e. The van der Waals surface area contributed by atoms with Crippen molar-refractivity contribution < 1.29 is 19.2 Å². The van der Waals surface area contributed by atoms with Gasteiger partial charge in [0.05, 0.1) is 18.4 Å². The highest BCUT2D eigenvalue weighted by atomic mass is 16.7. The minimum Gasteiger partial charge on any atom is -0.497 e. The van der Waals surface area contributed by atoms with Gasteiger partial charge in [-0.3, -0.25) is 9.69 Å². The van der Waals surface area contributed by atoms with E-state index >= 15 is 0 Å². The Labute approximate surface area is 161 Å². The number of carbonyl (C=O) groups is 2. The first-order valence-electron chi connectivity index (χ1n) is 8.61. The molecule has 0 bridgehead atoms. The number of amides is 1. The summed E-state index contributed by atoms with van der Waals surface area (Å²) in [6.07, 6.45) is 0. The molecule has 0 N–H and O–H groups in total. The molecule has 138 valence electrons. The Balaban J connectivity index is 1.64. The molecule has 1 amide bonds. The van der Waals surface area contributed by atoms with Gasteiger partial charge in [-0.15, -0.1) is 0 Å². The number of fused-ring (bicyclic) bond motifs is 1. The Hall–Kier alpha value is -3.93. The second-order valence-corrected chi connectivity index (χ2v) is 6.04. The quantitative estimate of drug-likeness (QED) is 0.514. The Kier molecular flexibility index (Phi) is 4.60. The van der Waals surface area contributed by atoms with Crippen molar-refractivity contribution in [1.29, 1.82) is 0 Å². The Morgan fingerprint density at radius 3 is 2.29 bits per heavy atom. The number of ether oxygens (including phenoxy) is 1. The minimum atomic E-state index is -0.654. The van der Waals surface area contributed by atoms with E-state index in [9.17, 15) is 9.59 Å². The molecule has 0 radical (unpaired) electrons. The van der Waals surface area contributed by atoms with Crippen molar-refractivity contribution in [3.63, 3.8) is 0 Å². The molecule has 1 aliphatic heterocycles. The second kappa shape index (κ2) is 7.36. The zero-order valence-electron chi connectivity index (χ0n) is 15.0. The van der Waals surface area contributed by atoms with Gasteiger partial charge in [0.25, 0.3) is 5.91 Å². The SMILES string of the molecule is COc1ccc(C(=O)O/N=C2\C(=O)N(c3ccccc3)c3ccccc32)cc1. The molecule has 0 spiro atoms. The molecule has 0 aromatic heterocycles.